The highest BCUT2D eigenvalue weighted by Crippen LogP contribution is 2.25. The number of hydrogen-bond acceptors (Lipinski definition) is 3. The van der Waals surface area contributed by atoms with Gasteiger partial charge in [0.15, 0.2) is 6.61 Å². The Morgan fingerprint density at radius 1 is 1.08 bits per heavy atom. The molecule has 0 aliphatic heterocycles. The highest BCUT2D eigenvalue weighted by molar-refractivity contribution is 7.09. The van der Waals surface area contributed by atoms with E-state index >= 15 is 0 Å². The summed E-state index contributed by atoms with van der Waals surface area (Å²) in [5, 5.41) is 2.60. The number of anilines is 1. The lowest BCUT2D eigenvalue weighted by Crippen LogP contribution is -2.34. The van der Waals surface area contributed by atoms with Gasteiger partial charge in [-0.2, -0.15) is 0 Å². The minimum absolute atomic E-state index is 0.0242. The van der Waals surface area contributed by atoms with Crippen molar-refractivity contribution >= 4 is 34.5 Å². The van der Waals surface area contributed by atoms with Gasteiger partial charge in [0.2, 0.25) is 0 Å². The zero-order chi connectivity index (χ0) is 18.5. The first-order chi connectivity index (χ1) is 12.5. The van der Waals surface area contributed by atoms with Crippen LogP contribution in [-0.4, -0.2) is 12.5 Å². The Kier molecular flexibility index (Phi) is 5.96. The van der Waals surface area contributed by atoms with Crippen molar-refractivity contribution in [2.45, 2.75) is 20.4 Å². The SMILES string of the molecule is Cc1cccc(C)c1OCC(=O)N(Cc1cccs1)c1cccc(Cl)c1. The summed E-state index contributed by atoms with van der Waals surface area (Å²) in [6.45, 7) is 4.43. The van der Waals surface area contributed by atoms with Crippen LogP contribution in [0.2, 0.25) is 5.02 Å². The fourth-order valence-electron chi connectivity index (χ4n) is 2.76. The van der Waals surface area contributed by atoms with E-state index in [1.807, 2.05) is 61.7 Å². The lowest BCUT2D eigenvalue weighted by atomic mass is 10.1. The van der Waals surface area contributed by atoms with Gasteiger partial charge in [-0.05, 0) is 54.6 Å². The maximum Gasteiger partial charge on any atom is 0.265 e. The highest BCUT2D eigenvalue weighted by atomic mass is 35.5. The minimum atomic E-state index is -0.108. The normalized spacial score (nSPS) is 10.6. The molecule has 3 nitrogen and oxygen atoms in total. The molecule has 0 atom stereocenters. The van der Waals surface area contributed by atoms with Crippen LogP contribution in [0.15, 0.2) is 60.0 Å². The smallest absolute Gasteiger partial charge is 0.265 e. The van der Waals surface area contributed by atoms with Gasteiger partial charge in [0, 0.05) is 15.6 Å². The third kappa shape index (κ3) is 4.45. The molecule has 0 radical (unpaired) electrons. The van der Waals surface area contributed by atoms with Crippen molar-refractivity contribution in [3.8, 4) is 5.75 Å². The second kappa shape index (κ2) is 8.39. The molecule has 1 aromatic heterocycles. The Morgan fingerprint density at radius 3 is 2.46 bits per heavy atom. The van der Waals surface area contributed by atoms with Gasteiger partial charge in [-0.15, -0.1) is 11.3 Å². The number of para-hydroxylation sites is 1. The van der Waals surface area contributed by atoms with Gasteiger partial charge in [0.25, 0.3) is 5.91 Å². The predicted octanol–water partition coefficient (Wildman–Crippen LogP) is 5.63. The monoisotopic (exact) mass is 385 g/mol. The molecule has 26 heavy (non-hydrogen) atoms. The number of carbonyl (C=O) groups is 1. The quantitative estimate of drug-likeness (QED) is 0.550. The molecule has 0 aliphatic rings. The number of aryl methyl sites for hydroxylation is 2. The fraction of sp³-hybridized carbons (Fsp3) is 0.190. The van der Waals surface area contributed by atoms with E-state index in [-0.39, 0.29) is 12.5 Å². The molecule has 2 aromatic carbocycles. The average molecular weight is 386 g/mol. The molecular weight excluding hydrogens is 366 g/mol. The summed E-state index contributed by atoms with van der Waals surface area (Å²) in [5.41, 5.74) is 2.80. The van der Waals surface area contributed by atoms with Crippen molar-refractivity contribution in [2.75, 3.05) is 11.5 Å². The number of thiophene rings is 1. The van der Waals surface area contributed by atoms with Gasteiger partial charge in [0.1, 0.15) is 5.75 Å². The molecule has 1 amide bonds. The van der Waals surface area contributed by atoms with Crippen molar-refractivity contribution in [1.29, 1.82) is 0 Å². The van der Waals surface area contributed by atoms with Crippen LogP contribution in [0.25, 0.3) is 0 Å². The number of halogens is 1. The van der Waals surface area contributed by atoms with E-state index in [0.717, 1.165) is 27.4 Å². The topological polar surface area (TPSA) is 29.5 Å². The van der Waals surface area contributed by atoms with Crippen molar-refractivity contribution in [3.63, 3.8) is 0 Å². The first kappa shape index (κ1) is 18.5. The van der Waals surface area contributed by atoms with E-state index in [1.54, 1.807) is 28.4 Å². The summed E-state index contributed by atoms with van der Waals surface area (Å²) in [6, 6.07) is 17.3. The lowest BCUT2D eigenvalue weighted by Gasteiger charge is -2.23. The summed E-state index contributed by atoms with van der Waals surface area (Å²) in [7, 11) is 0. The average Bonchev–Trinajstić information content (AvgIpc) is 3.12. The maximum atomic E-state index is 12.9. The summed E-state index contributed by atoms with van der Waals surface area (Å²) >= 11 is 7.74. The summed E-state index contributed by atoms with van der Waals surface area (Å²) in [6.07, 6.45) is 0. The van der Waals surface area contributed by atoms with Crippen molar-refractivity contribution < 1.29 is 9.53 Å². The van der Waals surface area contributed by atoms with E-state index in [4.69, 9.17) is 16.3 Å². The molecule has 0 spiro atoms. The number of nitrogens with zero attached hydrogens (tertiary/aromatic N) is 1. The Balaban J connectivity index is 1.80. The molecule has 134 valence electrons. The van der Waals surface area contributed by atoms with Crippen LogP contribution >= 0.6 is 22.9 Å². The molecule has 0 bridgehead atoms. The molecule has 3 rings (SSSR count). The molecule has 0 fully saturated rings. The van der Waals surface area contributed by atoms with Gasteiger partial charge in [-0.3, -0.25) is 4.79 Å². The zero-order valence-corrected chi connectivity index (χ0v) is 16.3. The van der Waals surface area contributed by atoms with Gasteiger partial charge >= 0.3 is 0 Å². The second-order valence-electron chi connectivity index (χ2n) is 6.05. The van der Waals surface area contributed by atoms with Gasteiger partial charge in [-0.25, -0.2) is 0 Å². The minimum Gasteiger partial charge on any atom is -0.483 e. The number of amides is 1. The van der Waals surface area contributed by atoms with Crippen molar-refractivity contribution in [3.05, 3.63) is 81.0 Å². The van der Waals surface area contributed by atoms with E-state index in [9.17, 15) is 4.79 Å². The summed E-state index contributed by atoms with van der Waals surface area (Å²) < 4.78 is 5.86. The first-order valence-electron chi connectivity index (χ1n) is 8.32. The zero-order valence-electron chi connectivity index (χ0n) is 14.7. The van der Waals surface area contributed by atoms with Gasteiger partial charge in [0.05, 0.1) is 6.54 Å². The number of ether oxygens (including phenoxy) is 1. The van der Waals surface area contributed by atoms with Crippen molar-refractivity contribution in [2.24, 2.45) is 0 Å². The van der Waals surface area contributed by atoms with Crippen LogP contribution in [0.5, 0.6) is 5.75 Å². The first-order valence-corrected chi connectivity index (χ1v) is 9.57. The summed E-state index contributed by atoms with van der Waals surface area (Å²) in [4.78, 5) is 15.8. The third-order valence-corrected chi connectivity index (χ3v) is 5.16. The third-order valence-electron chi connectivity index (χ3n) is 4.06. The van der Waals surface area contributed by atoms with Crippen LogP contribution in [0, 0.1) is 13.8 Å². The van der Waals surface area contributed by atoms with E-state index < -0.39 is 0 Å². The molecule has 5 heteroatoms. The molecule has 0 saturated heterocycles. The fourth-order valence-corrected chi connectivity index (χ4v) is 3.64. The molecular formula is C21H20ClNO2S. The number of benzene rings is 2. The van der Waals surface area contributed by atoms with Crippen LogP contribution < -0.4 is 9.64 Å². The van der Waals surface area contributed by atoms with Crippen LogP contribution in [-0.2, 0) is 11.3 Å². The van der Waals surface area contributed by atoms with Gasteiger partial charge < -0.3 is 9.64 Å². The Bertz CT molecular complexity index is 873. The number of carbonyl (C=O) groups excluding carboxylic acids is 1. The van der Waals surface area contributed by atoms with E-state index in [2.05, 4.69) is 0 Å². The standard InChI is InChI=1S/C21H20ClNO2S/c1-15-6-3-7-16(2)21(15)25-14-20(24)23(13-19-10-5-11-26-19)18-9-4-8-17(22)12-18/h3-12H,13-14H2,1-2H3. The molecule has 0 unspecified atom stereocenters. The van der Waals surface area contributed by atoms with E-state index in [0.29, 0.717) is 11.6 Å². The van der Waals surface area contributed by atoms with Crippen LogP contribution in [0.3, 0.4) is 0 Å². The largest absolute Gasteiger partial charge is 0.483 e. The van der Waals surface area contributed by atoms with E-state index in [1.165, 1.54) is 0 Å². The van der Waals surface area contributed by atoms with Gasteiger partial charge in [-0.1, -0.05) is 41.9 Å². The second-order valence-corrected chi connectivity index (χ2v) is 7.52. The molecule has 1 heterocycles. The molecule has 0 saturated carbocycles. The maximum absolute atomic E-state index is 12.9. The predicted molar refractivity (Wildman–Crippen MR) is 108 cm³/mol. The molecule has 0 N–H and O–H groups in total. The van der Waals surface area contributed by atoms with Crippen LogP contribution in [0.4, 0.5) is 5.69 Å². The lowest BCUT2D eigenvalue weighted by molar-refractivity contribution is -0.120. The Hall–Kier alpha value is -2.30. The molecule has 3 aromatic rings. The Labute approximate surface area is 162 Å². The van der Waals surface area contributed by atoms with Crippen molar-refractivity contribution in [1.82, 2.24) is 0 Å². The summed E-state index contributed by atoms with van der Waals surface area (Å²) in [5.74, 6) is 0.659. The highest BCUT2D eigenvalue weighted by Gasteiger charge is 2.18. The Morgan fingerprint density at radius 2 is 1.81 bits per heavy atom. The number of hydrogen-bond donors (Lipinski definition) is 0. The van der Waals surface area contributed by atoms with Crippen LogP contribution in [0.1, 0.15) is 16.0 Å². The molecule has 0 aliphatic carbocycles. The number of rotatable bonds is 6.